The van der Waals surface area contributed by atoms with Crippen molar-refractivity contribution in [1.29, 1.82) is 0 Å². The molecule has 1 atom stereocenters. The van der Waals surface area contributed by atoms with E-state index in [1.807, 2.05) is 60.5 Å². The number of benzene rings is 2. The number of ether oxygens (including phenoxy) is 1. The normalized spacial score (nSPS) is 16.2. The first-order valence-corrected chi connectivity index (χ1v) is 10.3. The summed E-state index contributed by atoms with van der Waals surface area (Å²) in [6.45, 7) is 3.96. The number of esters is 1. The Bertz CT molecular complexity index is 786. The molecule has 1 unspecified atom stereocenters. The highest BCUT2D eigenvalue weighted by atomic mass is 16.5. The highest BCUT2D eigenvalue weighted by Crippen LogP contribution is 2.24. The van der Waals surface area contributed by atoms with Gasteiger partial charge >= 0.3 is 5.97 Å². The Hall–Kier alpha value is -2.66. The van der Waals surface area contributed by atoms with Gasteiger partial charge in [0.05, 0.1) is 18.9 Å². The van der Waals surface area contributed by atoms with E-state index in [0.29, 0.717) is 32.5 Å². The van der Waals surface area contributed by atoms with E-state index in [1.165, 1.54) is 12.7 Å². The number of methoxy groups -OCH3 is 1. The summed E-state index contributed by atoms with van der Waals surface area (Å²) in [6, 6.07) is 20.1. The molecular formula is C24H30N2O3. The van der Waals surface area contributed by atoms with Crippen LogP contribution < -0.4 is 0 Å². The van der Waals surface area contributed by atoms with Gasteiger partial charge in [0.25, 0.3) is 0 Å². The second-order valence-corrected chi connectivity index (χ2v) is 7.58. The third-order valence-corrected chi connectivity index (χ3v) is 5.73. The van der Waals surface area contributed by atoms with Crippen molar-refractivity contribution < 1.29 is 14.3 Å². The maximum Gasteiger partial charge on any atom is 0.308 e. The average Bonchev–Trinajstić information content (AvgIpc) is 2.79. The van der Waals surface area contributed by atoms with Crippen molar-refractivity contribution in [1.82, 2.24) is 10.0 Å². The Labute approximate surface area is 173 Å². The number of nitrogens with zero attached hydrogens (tertiary/aromatic N) is 2. The van der Waals surface area contributed by atoms with E-state index < -0.39 is 0 Å². The summed E-state index contributed by atoms with van der Waals surface area (Å²) in [6.07, 6.45) is 2.22. The van der Waals surface area contributed by atoms with Gasteiger partial charge in [0.1, 0.15) is 0 Å². The standard InChI is InChI=1S/C24H30N2O3/c1-19(21-11-7-4-8-12-21)23(27)26(18-13-20-9-5-3-6-10-20)25-16-14-22(15-17-25)24(28)29-2/h3-12,19,22H,13-18H2,1-2H3. The predicted molar refractivity (Wildman–Crippen MR) is 113 cm³/mol. The number of piperidine rings is 1. The molecule has 3 rings (SSSR count). The van der Waals surface area contributed by atoms with Crippen molar-refractivity contribution in [2.75, 3.05) is 26.7 Å². The van der Waals surface area contributed by atoms with Gasteiger partial charge in [-0.05, 0) is 37.3 Å². The molecule has 0 spiro atoms. The number of amides is 1. The molecule has 0 saturated carbocycles. The van der Waals surface area contributed by atoms with E-state index in [9.17, 15) is 9.59 Å². The van der Waals surface area contributed by atoms with Gasteiger partial charge in [-0.15, -0.1) is 0 Å². The van der Waals surface area contributed by atoms with Gasteiger partial charge < -0.3 is 4.74 Å². The Kier molecular flexibility index (Phi) is 7.42. The first-order valence-electron chi connectivity index (χ1n) is 10.3. The summed E-state index contributed by atoms with van der Waals surface area (Å²) in [5.74, 6) is -0.340. The summed E-state index contributed by atoms with van der Waals surface area (Å²) in [5, 5.41) is 4.02. The zero-order valence-electron chi connectivity index (χ0n) is 17.3. The second kappa shape index (κ2) is 10.2. The van der Waals surface area contributed by atoms with Crippen LogP contribution in [0.1, 0.15) is 36.8 Å². The Morgan fingerprint density at radius 2 is 1.62 bits per heavy atom. The molecule has 2 aromatic rings. The molecule has 1 amide bonds. The van der Waals surface area contributed by atoms with Crippen molar-refractivity contribution in [3.8, 4) is 0 Å². The lowest BCUT2D eigenvalue weighted by molar-refractivity contribution is -0.157. The largest absolute Gasteiger partial charge is 0.469 e. The smallest absolute Gasteiger partial charge is 0.308 e. The van der Waals surface area contributed by atoms with Gasteiger partial charge in [-0.3, -0.25) is 14.6 Å². The molecule has 1 fully saturated rings. The number of carbonyl (C=O) groups excluding carboxylic acids is 2. The minimum Gasteiger partial charge on any atom is -0.469 e. The fraction of sp³-hybridized carbons (Fsp3) is 0.417. The van der Waals surface area contributed by atoms with Crippen molar-refractivity contribution in [3.05, 3.63) is 71.8 Å². The molecule has 1 aliphatic heterocycles. The van der Waals surface area contributed by atoms with Crippen LogP contribution in [0.5, 0.6) is 0 Å². The first kappa shape index (κ1) is 21.1. The fourth-order valence-corrected chi connectivity index (χ4v) is 3.89. The van der Waals surface area contributed by atoms with Gasteiger partial charge in [0.2, 0.25) is 5.91 Å². The first-order chi connectivity index (χ1) is 14.1. The minimum absolute atomic E-state index is 0.0751. The Morgan fingerprint density at radius 3 is 2.21 bits per heavy atom. The molecule has 1 aliphatic rings. The number of hydrogen-bond donors (Lipinski definition) is 0. The lowest BCUT2D eigenvalue weighted by atomic mass is 9.97. The van der Waals surface area contributed by atoms with Crippen LogP contribution in [0.2, 0.25) is 0 Å². The monoisotopic (exact) mass is 394 g/mol. The van der Waals surface area contributed by atoms with E-state index >= 15 is 0 Å². The van der Waals surface area contributed by atoms with Crippen LogP contribution in [0.3, 0.4) is 0 Å². The Balaban J connectivity index is 1.72. The molecule has 0 aliphatic carbocycles. The van der Waals surface area contributed by atoms with E-state index in [2.05, 4.69) is 17.1 Å². The van der Waals surface area contributed by atoms with Crippen molar-refractivity contribution in [3.63, 3.8) is 0 Å². The molecule has 0 N–H and O–H groups in total. The van der Waals surface area contributed by atoms with Crippen LogP contribution in [-0.4, -0.2) is 48.6 Å². The molecule has 0 bridgehead atoms. The summed E-state index contributed by atoms with van der Waals surface area (Å²) in [4.78, 5) is 25.3. The van der Waals surface area contributed by atoms with Gasteiger partial charge in [-0.2, -0.15) is 0 Å². The second-order valence-electron chi connectivity index (χ2n) is 7.58. The molecule has 1 heterocycles. The van der Waals surface area contributed by atoms with Crippen LogP contribution >= 0.6 is 0 Å². The number of hydrogen-bond acceptors (Lipinski definition) is 4. The molecule has 5 nitrogen and oxygen atoms in total. The molecular weight excluding hydrogens is 364 g/mol. The van der Waals surface area contributed by atoms with Crippen molar-refractivity contribution in [2.24, 2.45) is 5.92 Å². The average molecular weight is 395 g/mol. The minimum atomic E-state index is -0.217. The summed E-state index contributed by atoms with van der Waals surface area (Å²) >= 11 is 0. The quantitative estimate of drug-likeness (QED) is 0.673. The van der Waals surface area contributed by atoms with Crippen molar-refractivity contribution in [2.45, 2.75) is 32.1 Å². The third kappa shape index (κ3) is 5.45. The van der Waals surface area contributed by atoms with E-state index in [-0.39, 0.29) is 23.7 Å². The third-order valence-electron chi connectivity index (χ3n) is 5.73. The molecule has 0 aromatic heterocycles. The number of carbonyl (C=O) groups is 2. The molecule has 1 saturated heterocycles. The molecule has 154 valence electrons. The lowest BCUT2D eigenvalue weighted by Crippen LogP contribution is -2.52. The summed E-state index contributed by atoms with van der Waals surface area (Å²) < 4.78 is 4.90. The lowest BCUT2D eigenvalue weighted by Gasteiger charge is -2.40. The molecule has 2 aromatic carbocycles. The summed E-state index contributed by atoms with van der Waals surface area (Å²) in [5.41, 5.74) is 2.23. The number of rotatable bonds is 7. The maximum absolute atomic E-state index is 13.4. The fourth-order valence-electron chi connectivity index (χ4n) is 3.89. The maximum atomic E-state index is 13.4. The van der Waals surface area contributed by atoms with Crippen molar-refractivity contribution >= 4 is 11.9 Å². The van der Waals surface area contributed by atoms with Gasteiger partial charge in [-0.25, -0.2) is 5.01 Å². The van der Waals surface area contributed by atoms with Crippen LogP contribution in [-0.2, 0) is 20.7 Å². The van der Waals surface area contributed by atoms with Gasteiger partial charge in [0.15, 0.2) is 0 Å². The Morgan fingerprint density at radius 1 is 1.03 bits per heavy atom. The van der Waals surface area contributed by atoms with Crippen LogP contribution in [0.15, 0.2) is 60.7 Å². The predicted octanol–water partition coefficient (Wildman–Crippen LogP) is 3.66. The zero-order chi connectivity index (χ0) is 20.6. The zero-order valence-corrected chi connectivity index (χ0v) is 17.3. The highest BCUT2D eigenvalue weighted by Gasteiger charge is 2.32. The van der Waals surface area contributed by atoms with E-state index in [1.54, 1.807) is 0 Å². The van der Waals surface area contributed by atoms with Crippen LogP contribution in [0.4, 0.5) is 0 Å². The van der Waals surface area contributed by atoms with E-state index in [0.717, 1.165) is 12.0 Å². The summed E-state index contributed by atoms with van der Waals surface area (Å²) in [7, 11) is 1.44. The van der Waals surface area contributed by atoms with E-state index in [4.69, 9.17) is 4.74 Å². The molecule has 29 heavy (non-hydrogen) atoms. The SMILES string of the molecule is COC(=O)C1CCN(N(CCc2ccccc2)C(=O)C(C)c2ccccc2)CC1. The molecule has 0 radical (unpaired) electrons. The highest BCUT2D eigenvalue weighted by molar-refractivity contribution is 5.83. The van der Waals surface area contributed by atoms with Crippen LogP contribution in [0, 0.1) is 5.92 Å². The molecule has 5 heteroatoms. The topological polar surface area (TPSA) is 49.9 Å². The van der Waals surface area contributed by atoms with Crippen LogP contribution in [0.25, 0.3) is 0 Å². The van der Waals surface area contributed by atoms with Gasteiger partial charge in [-0.1, -0.05) is 60.7 Å². The number of hydrazine groups is 1. The van der Waals surface area contributed by atoms with Gasteiger partial charge in [0, 0.05) is 19.6 Å².